The molecule has 2 aromatic carbocycles. The maximum atomic E-state index is 12.2. The minimum absolute atomic E-state index is 0.148. The highest BCUT2D eigenvalue weighted by molar-refractivity contribution is 5.80. The van der Waals surface area contributed by atoms with E-state index in [1.165, 1.54) is 0 Å². The lowest BCUT2D eigenvalue weighted by molar-refractivity contribution is -0.127. The smallest absolute Gasteiger partial charge is 0.260 e. The van der Waals surface area contributed by atoms with Crippen molar-refractivity contribution in [2.75, 3.05) is 27.9 Å². The number of hydrogen-bond acceptors (Lipinski definition) is 5. The van der Waals surface area contributed by atoms with E-state index in [0.717, 1.165) is 18.4 Å². The Morgan fingerprint density at radius 3 is 2.41 bits per heavy atom. The second-order valence-electron chi connectivity index (χ2n) is 6.02. The molecule has 1 amide bonds. The molecule has 1 atom stereocenters. The number of ether oxygens (including phenoxy) is 4. The van der Waals surface area contributed by atoms with E-state index >= 15 is 0 Å². The van der Waals surface area contributed by atoms with E-state index in [-0.39, 0.29) is 5.91 Å². The fourth-order valence-corrected chi connectivity index (χ4v) is 2.62. The standard InChI is InChI=1S/C21H27NO5/c1-15(27-18-9-5-8-17(14-18)24-2)21(23)22-12-6-7-16-10-11-19(25-3)20(13-16)26-4/h5,8-11,13-15H,6-7,12H2,1-4H3,(H,22,23). The van der Waals surface area contributed by atoms with Gasteiger partial charge in [-0.25, -0.2) is 0 Å². The number of benzene rings is 2. The molecule has 0 radical (unpaired) electrons. The number of nitrogens with one attached hydrogen (secondary N) is 1. The summed E-state index contributed by atoms with van der Waals surface area (Å²) in [6.07, 6.45) is 1.05. The second kappa shape index (κ2) is 10.3. The van der Waals surface area contributed by atoms with Gasteiger partial charge in [-0.3, -0.25) is 4.79 Å². The molecule has 2 aromatic rings. The molecule has 6 nitrogen and oxygen atoms in total. The van der Waals surface area contributed by atoms with Crippen molar-refractivity contribution in [3.05, 3.63) is 48.0 Å². The van der Waals surface area contributed by atoms with Crippen LogP contribution in [0.2, 0.25) is 0 Å². The largest absolute Gasteiger partial charge is 0.497 e. The van der Waals surface area contributed by atoms with Gasteiger partial charge in [0.25, 0.3) is 5.91 Å². The van der Waals surface area contributed by atoms with Crippen LogP contribution in [-0.4, -0.2) is 39.9 Å². The normalized spacial score (nSPS) is 11.4. The van der Waals surface area contributed by atoms with Crippen molar-refractivity contribution in [3.63, 3.8) is 0 Å². The van der Waals surface area contributed by atoms with Crippen molar-refractivity contribution >= 4 is 5.91 Å². The van der Waals surface area contributed by atoms with Gasteiger partial charge in [0.05, 0.1) is 21.3 Å². The topological polar surface area (TPSA) is 66.0 Å². The number of aryl methyl sites for hydroxylation is 1. The molecule has 0 aromatic heterocycles. The Hall–Kier alpha value is -2.89. The van der Waals surface area contributed by atoms with Crippen molar-refractivity contribution in [1.82, 2.24) is 5.32 Å². The number of hydrogen-bond donors (Lipinski definition) is 1. The van der Waals surface area contributed by atoms with Gasteiger partial charge in [0.15, 0.2) is 17.6 Å². The van der Waals surface area contributed by atoms with Crippen LogP contribution in [0.4, 0.5) is 0 Å². The van der Waals surface area contributed by atoms with Crippen LogP contribution in [0, 0.1) is 0 Å². The Kier molecular flexibility index (Phi) is 7.79. The maximum absolute atomic E-state index is 12.2. The summed E-state index contributed by atoms with van der Waals surface area (Å²) >= 11 is 0. The Balaban J connectivity index is 1.76. The van der Waals surface area contributed by atoms with Crippen molar-refractivity contribution in [1.29, 1.82) is 0 Å². The third kappa shape index (κ3) is 6.09. The summed E-state index contributed by atoms with van der Waals surface area (Å²) in [5.74, 6) is 2.56. The van der Waals surface area contributed by atoms with Crippen LogP contribution in [0.25, 0.3) is 0 Å². The molecule has 27 heavy (non-hydrogen) atoms. The highest BCUT2D eigenvalue weighted by atomic mass is 16.5. The van der Waals surface area contributed by atoms with Crippen molar-refractivity contribution < 1.29 is 23.7 Å². The van der Waals surface area contributed by atoms with Gasteiger partial charge in [-0.15, -0.1) is 0 Å². The van der Waals surface area contributed by atoms with E-state index in [1.54, 1.807) is 40.4 Å². The number of methoxy groups -OCH3 is 3. The molecule has 0 bridgehead atoms. The van der Waals surface area contributed by atoms with Crippen LogP contribution in [0.1, 0.15) is 18.9 Å². The molecule has 0 saturated heterocycles. The van der Waals surface area contributed by atoms with Crippen LogP contribution in [0.5, 0.6) is 23.0 Å². The number of amides is 1. The summed E-state index contributed by atoms with van der Waals surface area (Å²) in [5, 5.41) is 2.90. The minimum atomic E-state index is -0.585. The molecule has 146 valence electrons. The predicted octanol–water partition coefficient (Wildman–Crippen LogP) is 3.23. The summed E-state index contributed by atoms with van der Waals surface area (Å²) in [6.45, 7) is 2.29. The summed E-state index contributed by atoms with van der Waals surface area (Å²) in [5.41, 5.74) is 1.13. The first-order chi connectivity index (χ1) is 13.1. The molecule has 0 aliphatic carbocycles. The highest BCUT2D eigenvalue weighted by Gasteiger charge is 2.14. The van der Waals surface area contributed by atoms with Gasteiger partial charge < -0.3 is 24.3 Å². The molecule has 1 N–H and O–H groups in total. The quantitative estimate of drug-likeness (QED) is 0.648. The summed E-state index contributed by atoms with van der Waals surface area (Å²) < 4.78 is 21.4. The van der Waals surface area contributed by atoms with E-state index in [4.69, 9.17) is 18.9 Å². The van der Waals surface area contributed by atoms with Crippen molar-refractivity contribution in [3.8, 4) is 23.0 Å². The zero-order valence-electron chi connectivity index (χ0n) is 16.3. The van der Waals surface area contributed by atoms with Gasteiger partial charge in [0, 0.05) is 12.6 Å². The van der Waals surface area contributed by atoms with E-state index in [0.29, 0.717) is 29.5 Å². The van der Waals surface area contributed by atoms with Gasteiger partial charge in [0.1, 0.15) is 11.5 Å². The molecule has 0 heterocycles. The average Bonchev–Trinajstić information content (AvgIpc) is 2.70. The van der Waals surface area contributed by atoms with Crippen molar-refractivity contribution in [2.45, 2.75) is 25.9 Å². The van der Waals surface area contributed by atoms with E-state index in [9.17, 15) is 4.79 Å². The maximum Gasteiger partial charge on any atom is 0.260 e. The molecule has 1 unspecified atom stereocenters. The lowest BCUT2D eigenvalue weighted by Gasteiger charge is -2.15. The third-order valence-electron chi connectivity index (χ3n) is 4.11. The van der Waals surface area contributed by atoms with E-state index < -0.39 is 6.10 Å². The summed E-state index contributed by atoms with van der Waals surface area (Å²) in [7, 11) is 4.82. The Bertz CT molecular complexity index is 747. The van der Waals surface area contributed by atoms with Crippen LogP contribution in [0.15, 0.2) is 42.5 Å². The average molecular weight is 373 g/mol. The first kappa shape index (κ1) is 20.4. The van der Waals surface area contributed by atoms with E-state index in [1.807, 2.05) is 30.3 Å². The van der Waals surface area contributed by atoms with E-state index in [2.05, 4.69) is 5.32 Å². The Morgan fingerprint density at radius 2 is 1.70 bits per heavy atom. The lowest BCUT2D eigenvalue weighted by Crippen LogP contribution is -2.36. The zero-order valence-corrected chi connectivity index (χ0v) is 16.3. The second-order valence-corrected chi connectivity index (χ2v) is 6.02. The van der Waals surface area contributed by atoms with Crippen LogP contribution >= 0.6 is 0 Å². The monoisotopic (exact) mass is 373 g/mol. The highest BCUT2D eigenvalue weighted by Crippen LogP contribution is 2.27. The number of carbonyl (C=O) groups excluding carboxylic acids is 1. The minimum Gasteiger partial charge on any atom is -0.497 e. The van der Waals surface area contributed by atoms with Crippen molar-refractivity contribution in [2.24, 2.45) is 0 Å². The molecule has 0 aliphatic rings. The van der Waals surface area contributed by atoms with Crippen LogP contribution in [-0.2, 0) is 11.2 Å². The molecular formula is C21H27NO5. The molecule has 6 heteroatoms. The van der Waals surface area contributed by atoms with Gasteiger partial charge in [-0.05, 0) is 49.6 Å². The molecule has 0 fully saturated rings. The third-order valence-corrected chi connectivity index (χ3v) is 4.11. The Morgan fingerprint density at radius 1 is 0.963 bits per heavy atom. The molecule has 0 spiro atoms. The number of rotatable bonds is 10. The predicted molar refractivity (Wildman–Crippen MR) is 104 cm³/mol. The zero-order chi connectivity index (χ0) is 19.6. The first-order valence-corrected chi connectivity index (χ1v) is 8.86. The lowest BCUT2D eigenvalue weighted by atomic mass is 10.1. The van der Waals surface area contributed by atoms with Crippen LogP contribution in [0.3, 0.4) is 0 Å². The molecule has 0 saturated carbocycles. The molecule has 0 aliphatic heterocycles. The van der Waals surface area contributed by atoms with Gasteiger partial charge in [-0.2, -0.15) is 0 Å². The fraction of sp³-hybridized carbons (Fsp3) is 0.381. The number of carbonyl (C=O) groups is 1. The molecule has 2 rings (SSSR count). The van der Waals surface area contributed by atoms with Gasteiger partial charge in [-0.1, -0.05) is 12.1 Å². The summed E-state index contributed by atoms with van der Waals surface area (Å²) in [6, 6.07) is 13.0. The van der Waals surface area contributed by atoms with Crippen LogP contribution < -0.4 is 24.3 Å². The summed E-state index contributed by atoms with van der Waals surface area (Å²) in [4.78, 5) is 12.2. The Labute approximate surface area is 160 Å². The molecular weight excluding hydrogens is 346 g/mol. The first-order valence-electron chi connectivity index (χ1n) is 8.86. The van der Waals surface area contributed by atoms with Gasteiger partial charge in [0.2, 0.25) is 0 Å². The SMILES string of the molecule is COc1cccc(OC(C)C(=O)NCCCc2ccc(OC)c(OC)c2)c1. The van der Waals surface area contributed by atoms with Gasteiger partial charge >= 0.3 is 0 Å². The fourth-order valence-electron chi connectivity index (χ4n) is 2.62.